The van der Waals surface area contributed by atoms with Crippen LogP contribution in [-0.2, 0) is 54.0 Å². The molecule has 6 atom stereocenters. The van der Waals surface area contributed by atoms with Gasteiger partial charge in [0.25, 0.3) is 5.78 Å². The van der Waals surface area contributed by atoms with E-state index in [-0.39, 0.29) is 36.2 Å². The highest BCUT2D eigenvalue weighted by Crippen LogP contribution is 2.39. The first-order valence-corrected chi connectivity index (χ1v) is 42.3. The molecule has 6 aromatic carbocycles. The first-order chi connectivity index (χ1) is 55.6. The molecule has 2 fully saturated rings. The molecule has 620 valence electrons. The number of methoxy groups -OCH3 is 2. The number of ketones is 1. The summed E-state index contributed by atoms with van der Waals surface area (Å²) in [5.41, 5.74) is 16.6. The molecule has 7 N–H and O–H groups in total. The van der Waals surface area contributed by atoms with Gasteiger partial charge in [0.05, 0.1) is 24.9 Å². The number of piperidine rings is 2. The summed E-state index contributed by atoms with van der Waals surface area (Å²) in [7, 11) is 1.68. The van der Waals surface area contributed by atoms with E-state index in [0.29, 0.717) is 44.2 Å². The van der Waals surface area contributed by atoms with Gasteiger partial charge in [-0.3, -0.25) is 34.1 Å². The van der Waals surface area contributed by atoms with Gasteiger partial charge in [-0.25, -0.2) is 0 Å². The molecule has 3 aliphatic rings. The Morgan fingerprint density at radius 1 is 0.535 bits per heavy atom. The third kappa shape index (κ3) is 40.1. The number of hydrogen-bond acceptors (Lipinski definition) is 16. The Kier molecular flexibility index (Phi) is 58.5. The zero-order valence-corrected chi connectivity index (χ0v) is 72.4. The van der Waals surface area contributed by atoms with Gasteiger partial charge in [0.15, 0.2) is 12.1 Å². The Morgan fingerprint density at radius 2 is 0.982 bits per heavy atom. The Morgan fingerprint density at radius 3 is 1.46 bits per heavy atom. The summed E-state index contributed by atoms with van der Waals surface area (Å²) >= 11 is 0. The number of nitrogens with zero attached hydrogens (tertiary/aromatic N) is 3. The van der Waals surface area contributed by atoms with E-state index in [4.69, 9.17) is 14.2 Å². The number of Topliss-reactive ketones (excluding diaryl/α,β-unsaturated/α-hetero) is 1. The van der Waals surface area contributed by atoms with Crippen LogP contribution in [0.4, 0.5) is 5.69 Å². The smallest absolute Gasteiger partial charge is 0.364 e. The molecule has 0 aliphatic carbocycles. The number of fused-ring (bicyclic) bond motifs is 1. The van der Waals surface area contributed by atoms with E-state index < -0.39 is 13.9 Å². The van der Waals surface area contributed by atoms with E-state index >= 15 is 0 Å². The van der Waals surface area contributed by atoms with Gasteiger partial charge in [-0.05, 0) is 221 Å². The highest BCUT2D eigenvalue weighted by Gasteiger charge is 2.34. The van der Waals surface area contributed by atoms with Crippen LogP contribution in [0, 0.1) is 46.5 Å². The molecule has 9 aromatic rings. The predicted molar refractivity (Wildman–Crippen MR) is 472 cm³/mol. The van der Waals surface area contributed by atoms with Crippen molar-refractivity contribution in [2.24, 2.45) is 11.8 Å². The van der Waals surface area contributed by atoms with Crippen LogP contribution in [-0.4, -0.2) is 129 Å². The molecule has 3 aromatic heterocycles. The Balaban J connectivity index is 0.000000661. The van der Waals surface area contributed by atoms with Gasteiger partial charge in [-0.15, -0.1) is 0 Å². The minimum absolute atomic E-state index is 0.0151. The van der Waals surface area contributed by atoms with Crippen molar-refractivity contribution < 1.29 is 48.2 Å². The lowest BCUT2D eigenvalue weighted by Gasteiger charge is -2.38. The summed E-state index contributed by atoms with van der Waals surface area (Å²) in [4.78, 5) is 54.3. The number of amides is 2. The SMILES string of the molecule is CC.CC.CC.CC.CC.COC(CNC=O)OC.C[P+](=O)C(Nc1ccccc1)c1ccncc1.Cc1cccc2c1C[C@@H](C1CCNCC1)O[C@H]2CNC=O.Cc1ccccc1C=O.Cc1ccccc1CC(=O)c1ccncc1.Cc1ccccc1C[C@H](O)C1CCNCC1.Cc1ccccc1C[C@H](O)c1ccncc1. The van der Waals surface area contributed by atoms with Gasteiger partial charge < -0.3 is 51.0 Å². The number of aliphatic hydroxyl groups is 2. The maximum Gasteiger partial charge on any atom is 0.364 e. The Hall–Kier alpha value is -9.33. The Bertz CT molecular complexity index is 3920. The number of anilines is 1. The van der Waals surface area contributed by atoms with Crippen LogP contribution in [0.25, 0.3) is 0 Å². The highest BCUT2D eigenvalue weighted by atomic mass is 31.1. The lowest BCUT2D eigenvalue weighted by Crippen LogP contribution is -2.41. The van der Waals surface area contributed by atoms with Crippen LogP contribution in [0.15, 0.2) is 219 Å². The number of aliphatic hydroxyl groups excluding tert-OH is 2. The highest BCUT2D eigenvalue weighted by molar-refractivity contribution is 7.44. The monoisotopic (exact) mass is 1580 g/mol. The second-order valence-electron chi connectivity index (χ2n) is 25.7. The minimum atomic E-state index is -1.35. The van der Waals surface area contributed by atoms with Gasteiger partial charge in [0.2, 0.25) is 12.8 Å². The van der Waals surface area contributed by atoms with E-state index in [1.807, 2.05) is 198 Å². The predicted octanol–water partition coefficient (Wildman–Crippen LogP) is 19.0. The molecule has 12 rings (SSSR count). The maximum absolute atomic E-state index is 11.9. The number of benzene rings is 6. The van der Waals surface area contributed by atoms with Crippen LogP contribution in [0.1, 0.15) is 200 Å². The van der Waals surface area contributed by atoms with Gasteiger partial charge >= 0.3 is 7.80 Å². The van der Waals surface area contributed by atoms with Gasteiger partial charge in [0, 0.05) is 93.2 Å². The largest absolute Gasteiger partial charge is 0.392 e. The zero-order chi connectivity index (χ0) is 84.7. The lowest BCUT2D eigenvalue weighted by atomic mass is 9.83. The van der Waals surface area contributed by atoms with Crippen LogP contribution in [0.5, 0.6) is 0 Å². The molecule has 0 spiro atoms. The third-order valence-corrected chi connectivity index (χ3v) is 19.7. The summed E-state index contributed by atoms with van der Waals surface area (Å²) in [5.74, 6) is 1.06. The molecular formula is C95H136N8O10P+. The molecule has 3 aliphatic heterocycles. The number of hydrogen-bond donors (Lipinski definition) is 7. The van der Waals surface area contributed by atoms with E-state index in [9.17, 15) is 34.0 Å². The summed E-state index contributed by atoms with van der Waals surface area (Å²) < 4.78 is 27.7. The van der Waals surface area contributed by atoms with E-state index in [1.165, 1.54) is 66.0 Å². The number of nitrogens with one attached hydrogen (secondary N) is 5. The second kappa shape index (κ2) is 65.0. The topological polar surface area (TPSA) is 252 Å². The van der Waals surface area contributed by atoms with Crippen molar-refractivity contribution in [2.45, 2.75) is 192 Å². The first-order valence-electron chi connectivity index (χ1n) is 40.6. The molecule has 18 nitrogen and oxygen atoms in total. The van der Waals surface area contributed by atoms with Gasteiger partial charge in [-0.1, -0.05) is 207 Å². The zero-order valence-electron chi connectivity index (χ0n) is 71.5. The van der Waals surface area contributed by atoms with Crippen molar-refractivity contribution in [3.8, 4) is 0 Å². The molecule has 2 saturated heterocycles. The fourth-order valence-corrected chi connectivity index (χ4v) is 13.1. The maximum atomic E-state index is 11.9. The lowest BCUT2D eigenvalue weighted by molar-refractivity contribution is -0.117. The standard InChI is InChI=1S/C17H24N2O2.C14H21NO.C14H15NO.C14H13NO.C13H14N2OP.C8H8O.C5H11NO3.5C2H6/c1-12-3-2-4-14-15(12)9-16(13-5-7-18-8-6-13)21-17(14)10-19-11-20;3*1-11-4-2-3-5-13(11)10-14(16)12-6-8-15-9-7-12;1-17(16)13(11-7-9-14-10-8-11)15-12-5-3-2-4-6-12;1-7-4-2-3-5-8(7)6-9;1-8-5(9-2)3-6-4-7;5*1-2/h2-4,11,13,16-18H,5-10H2,1H3,(H,19,20);2-5,12,14-16H,6-10H2,1H3;2-9,14,16H,10H2,1H3;2-9H,10H2,1H3;2-10,13,15H,1H3;2-6H,1H3;4-5H,3H2,1-2H3,(H,6,7);5*1-2H3/q;;;;+1;;;;;;;/t16-,17-;2*14-;;;;;;;;;/m000........./s1. The molecule has 0 bridgehead atoms. The molecule has 114 heavy (non-hydrogen) atoms. The van der Waals surface area contributed by atoms with Crippen LogP contribution < -0.4 is 26.6 Å². The fraction of sp³-hybridized carbons (Fsp3) is 0.421. The number of carbonyl (C=O) groups is 4. The van der Waals surface area contributed by atoms with Crippen molar-refractivity contribution >= 4 is 38.4 Å². The molecular weight excluding hydrogens is 1440 g/mol. The molecule has 6 heterocycles. The molecule has 19 heteroatoms. The number of aryl methyl sites for hydroxylation is 5. The summed E-state index contributed by atoms with van der Waals surface area (Å²) in [6.07, 6.45) is 19.1. The van der Waals surface area contributed by atoms with Crippen molar-refractivity contribution in [3.63, 3.8) is 0 Å². The molecule has 2 amide bonds. The number of carbonyl (C=O) groups excluding carboxylic acids is 4. The molecule has 0 saturated carbocycles. The summed E-state index contributed by atoms with van der Waals surface area (Å²) in [6, 6.07) is 59.1. The third-order valence-electron chi connectivity index (χ3n) is 18.5. The quantitative estimate of drug-likeness (QED) is 0.0136. The number of pyridine rings is 3. The fourth-order valence-electron chi connectivity index (χ4n) is 12.2. The van der Waals surface area contributed by atoms with Crippen molar-refractivity contribution in [3.05, 3.63) is 297 Å². The average molecular weight is 1580 g/mol. The van der Waals surface area contributed by atoms with Gasteiger partial charge in [0.1, 0.15) is 19.1 Å². The van der Waals surface area contributed by atoms with Crippen molar-refractivity contribution in [2.75, 3.05) is 65.5 Å². The van der Waals surface area contributed by atoms with Crippen LogP contribution >= 0.6 is 7.80 Å². The summed E-state index contributed by atoms with van der Waals surface area (Å²) in [6.45, 7) is 37.2. The first kappa shape index (κ1) is 103. The van der Waals surface area contributed by atoms with Crippen LogP contribution in [0.2, 0.25) is 0 Å². The number of aromatic nitrogens is 3. The van der Waals surface area contributed by atoms with Gasteiger partial charge in [-0.2, -0.15) is 0 Å². The molecule has 2 unspecified atom stereocenters. The number of rotatable bonds is 23. The van der Waals surface area contributed by atoms with E-state index in [0.717, 1.165) is 109 Å². The number of aldehydes is 1. The Labute approximate surface area is 685 Å². The van der Waals surface area contributed by atoms with E-state index in [2.05, 4.69) is 117 Å². The van der Waals surface area contributed by atoms with Crippen molar-refractivity contribution in [1.82, 2.24) is 36.2 Å². The number of para-hydroxylation sites is 1. The minimum Gasteiger partial charge on any atom is -0.392 e. The second-order valence-corrected chi connectivity index (χ2v) is 27.3. The molecule has 0 radical (unpaired) electrons. The van der Waals surface area contributed by atoms with E-state index in [1.54, 1.807) is 56.0 Å². The average Bonchev–Trinajstić information content (AvgIpc) is 0.787. The number of ether oxygens (including phenoxy) is 3. The van der Waals surface area contributed by atoms with Crippen molar-refractivity contribution in [1.29, 1.82) is 0 Å². The normalized spacial score (nSPS) is 14.4. The summed E-state index contributed by atoms with van der Waals surface area (Å²) in [5, 5.41) is 35.5. The van der Waals surface area contributed by atoms with Crippen LogP contribution in [0.3, 0.4) is 0 Å².